The molecule has 0 spiro atoms. The van der Waals surface area contributed by atoms with E-state index in [2.05, 4.69) is 25.5 Å². The van der Waals surface area contributed by atoms with Gasteiger partial charge in [0.15, 0.2) is 0 Å². The number of fused-ring (bicyclic) bond motifs is 1. The van der Waals surface area contributed by atoms with Crippen molar-refractivity contribution >= 4 is 28.4 Å². The van der Waals surface area contributed by atoms with Gasteiger partial charge in [0.1, 0.15) is 5.75 Å². The standard InChI is InChI=1S/C30H30F3N5O3/c1-19-3-4-21(28(39)36-26-17-23(30(31,32)33)6-8-27(26)40-2)16-24(19)20-5-7-25-22(15-20)18-35-29(37-25)34-9-10-38-11-13-41-14-12-38/h3-8,15-18H,9-14H2,1-2H3,(H,36,39)(H,34,35,37). The van der Waals surface area contributed by atoms with Crippen molar-refractivity contribution in [3.63, 3.8) is 0 Å². The largest absolute Gasteiger partial charge is 0.495 e. The summed E-state index contributed by atoms with van der Waals surface area (Å²) >= 11 is 0. The fraction of sp³-hybridized carbons (Fsp3) is 0.300. The summed E-state index contributed by atoms with van der Waals surface area (Å²) in [6, 6.07) is 13.9. The van der Waals surface area contributed by atoms with Crippen LogP contribution in [0.15, 0.2) is 60.8 Å². The number of morpholine rings is 1. The minimum atomic E-state index is -4.55. The summed E-state index contributed by atoms with van der Waals surface area (Å²) in [7, 11) is 1.33. The van der Waals surface area contributed by atoms with Gasteiger partial charge < -0.3 is 20.1 Å². The molecule has 1 aromatic heterocycles. The number of halogens is 3. The molecule has 41 heavy (non-hydrogen) atoms. The number of amides is 1. The van der Waals surface area contributed by atoms with Crippen molar-refractivity contribution in [3.05, 3.63) is 77.5 Å². The lowest BCUT2D eigenvalue weighted by Crippen LogP contribution is -2.39. The van der Waals surface area contributed by atoms with E-state index in [4.69, 9.17) is 9.47 Å². The van der Waals surface area contributed by atoms with E-state index in [0.717, 1.165) is 79.1 Å². The predicted octanol–water partition coefficient (Wildman–Crippen LogP) is 5.63. The van der Waals surface area contributed by atoms with Gasteiger partial charge in [0.2, 0.25) is 5.95 Å². The SMILES string of the molecule is COc1ccc(C(F)(F)F)cc1NC(=O)c1ccc(C)c(-c2ccc3nc(NCCN4CCOCC4)ncc3c2)c1. The van der Waals surface area contributed by atoms with Crippen molar-refractivity contribution in [2.75, 3.05) is 57.1 Å². The van der Waals surface area contributed by atoms with E-state index in [9.17, 15) is 18.0 Å². The van der Waals surface area contributed by atoms with Gasteiger partial charge in [0.05, 0.1) is 37.1 Å². The average Bonchev–Trinajstić information content (AvgIpc) is 2.97. The Morgan fingerprint density at radius 1 is 1.07 bits per heavy atom. The zero-order chi connectivity index (χ0) is 29.0. The molecule has 1 amide bonds. The number of carbonyl (C=O) groups is 1. The first kappa shape index (κ1) is 28.3. The summed E-state index contributed by atoms with van der Waals surface area (Å²) in [5, 5.41) is 6.68. The van der Waals surface area contributed by atoms with Crippen LogP contribution in [-0.4, -0.2) is 67.3 Å². The molecule has 2 N–H and O–H groups in total. The number of carbonyl (C=O) groups excluding carboxylic acids is 1. The van der Waals surface area contributed by atoms with Crippen LogP contribution in [-0.2, 0) is 10.9 Å². The minimum Gasteiger partial charge on any atom is -0.495 e. The lowest BCUT2D eigenvalue weighted by Gasteiger charge is -2.26. The van der Waals surface area contributed by atoms with Crippen molar-refractivity contribution in [1.82, 2.24) is 14.9 Å². The highest BCUT2D eigenvalue weighted by Gasteiger charge is 2.31. The van der Waals surface area contributed by atoms with Gasteiger partial charge in [-0.3, -0.25) is 9.69 Å². The molecule has 8 nitrogen and oxygen atoms in total. The normalized spacial score (nSPS) is 14.2. The third kappa shape index (κ3) is 6.75. The van der Waals surface area contributed by atoms with Crippen LogP contribution < -0.4 is 15.4 Å². The summed E-state index contributed by atoms with van der Waals surface area (Å²) in [6.07, 6.45) is -2.79. The van der Waals surface area contributed by atoms with Crippen molar-refractivity contribution in [3.8, 4) is 16.9 Å². The number of hydrogen-bond acceptors (Lipinski definition) is 7. The summed E-state index contributed by atoms with van der Waals surface area (Å²) in [5.74, 6) is 0.127. The molecule has 1 saturated heterocycles. The first-order valence-electron chi connectivity index (χ1n) is 13.2. The lowest BCUT2D eigenvalue weighted by molar-refractivity contribution is -0.137. The smallest absolute Gasteiger partial charge is 0.416 e. The number of ether oxygens (including phenoxy) is 2. The van der Waals surface area contributed by atoms with Crippen LogP contribution in [0.3, 0.4) is 0 Å². The fourth-order valence-electron chi connectivity index (χ4n) is 4.69. The molecule has 0 atom stereocenters. The van der Waals surface area contributed by atoms with Gasteiger partial charge >= 0.3 is 6.18 Å². The van der Waals surface area contributed by atoms with E-state index in [1.54, 1.807) is 24.4 Å². The molecule has 3 aromatic carbocycles. The molecule has 5 rings (SSSR count). The van der Waals surface area contributed by atoms with E-state index >= 15 is 0 Å². The molecule has 0 saturated carbocycles. The highest BCUT2D eigenvalue weighted by Crippen LogP contribution is 2.35. The van der Waals surface area contributed by atoms with Gasteiger partial charge in [-0.15, -0.1) is 0 Å². The number of anilines is 2. The summed E-state index contributed by atoms with van der Waals surface area (Å²) < 4.78 is 50.2. The maximum Gasteiger partial charge on any atom is 0.416 e. The molecule has 0 bridgehead atoms. The van der Waals surface area contributed by atoms with Crippen LogP contribution in [0.1, 0.15) is 21.5 Å². The topological polar surface area (TPSA) is 88.6 Å². The Balaban J connectivity index is 1.33. The van der Waals surface area contributed by atoms with E-state index in [-0.39, 0.29) is 11.4 Å². The van der Waals surface area contributed by atoms with Gasteiger partial charge in [0.25, 0.3) is 5.91 Å². The molecule has 1 aliphatic rings. The number of rotatable bonds is 8. The van der Waals surface area contributed by atoms with Gasteiger partial charge in [-0.25, -0.2) is 9.97 Å². The van der Waals surface area contributed by atoms with Crippen LogP contribution in [0.2, 0.25) is 0 Å². The molecule has 2 heterocycles. The van der Waals surface area contributed by atoms with Crippen LogP contribution >= 0.6 is 0 Å². The highest BCUT2D eigenvalue weighted by molar-refractivity contribution is 6.06. The molecular formula is C30H30F3N5O3. The Bertz CT molecular complexity index is 1550. The van der Waals surface area contributed by atoms with Crippen molar-refractivity contribution in [2.24, 2.45) is 0 Å². The number of methoxy groups -OCH3 is 1. The van der Waals surface area contributed by atoms with E-state index < -0.39 is 17.6 Å². The van der Waals surface area contributed by atoms with Gasteiger partial charge in [0, 0.05) is 43.3 Å². The second-order valence-electron chi connectivity index (χ2n) is 9.74. The third-order valence-corrected chi connectivity index (χ3v) is 6.98. The Kier molecular flexibility index (Phi) is 8.36. The Hall–Kier alpha value is -4.22. The van der Waals surface area contributed by atoms with Crippen LogP contribution in [0.5, 0.6) is 5.75 Å². The highest BCUT2D eigenvalue weighted by atomic mass is 19.4. The molecule has 1 aliphatic heterocycles. The van der Waals surface area contributed by atoms with Crippen LogP contribution in [0.4, 0.5) is 24.8 Å². The van der Waals surface area contributed by atoms with Gasteiger partial charge in [-0.1, -0.05) is 12.1 Å². The monoisotopic (exact) mass is 565 g/mol. The second kappa shape index (κ2) is 12.1. The Morgan fingerprint density at radius 2 is 1.88 bits per heavy atom. The molecule has 4 aromatic rings. The zero-order valence-corrected chi connectivity index (χ0v) is 22.7. The van der Waals surface area contributed by atoms with Crippen LogP contribution in [0, 0.1) is 6.92 Å². The maximum atomic E-state index is 13.2. The average molecular weight is 566 g/mol. The molecule has 11 heteroatoms. The van der Waals surface area contributed by atoms with Gasteiger partial charge in [-0.2, -0.15) is 13.2 Å². The number of alkyl halides is 3. The number of benzene rings is 3. The van der Waals surface area contributed by atoms with E-state index in [1.165, 1.54) is 13.2 Å². The quantitative estimate of drug-likeness (QED) is 0.286. The predicted molar refractivity (Wildman–Crippen MR) is 151 cm³/mol. The molecule has 1 fully saturated rings. The number of hydrogen-bond donors (Lipinski definition) is 2. The van der Waals surface area contributed by atoms with Crippen molar-refractivity contribution in [2.45, 2.75) is 13.1 Å². The number of nitrogens with zero attached hydrogens (tertiary/aromatic N) is 3. The van der Waals surface area contributed by atoms with E-state index in [1.807, 2.05) is 25.1 Å². The lowest BCUT2D eigenvalue weighted by atomic mass is 9.97. The first-order valence-corrected chi connectivity index (χ1v) is 13.2. The number of aryl methyl sites for hydroxylation is 1. The van der Waals surface area contributed by atoms with E-state index in [0.29, 0.717) is 11.5 Å². The van der Waals surface area contributed by atoms with Crippen LogP contribution in [0.25, 0.3) is 22.0 Å². The first-order chi connectivity index (χ1) is 19.7. The Labute approximate surface area is 235 Å². The van der Waals surface area contributed by atoms with Crippen molar-refractivity contribution in [1.29, 1.82) is 0 Å². The molecule has 0 unspecified atom stereocenters. The summed E-state index contributed by atoms with van der Waals surface area (Å²) in [4.78, 5) is 24.5. The summed E-state index contributed by atoms with van der Waals surface area (Å²) in [5.41, 5.74) is 2.72. The molecule has 0 aliphatic carbocycles. The number of aromatic nitrogens is 2. The Morgan fingerprint density at radius 3 is 2.63 bits per heavy atom. The zero-order valence-electron chi connectivity index (χ0n) is 22.7. The third-order valence-electron chi connectivity index (χ3n) is 6.98. The second-order valence-corrected chi connectivity index (χ2v) is 9.74. The molecular weight excluding hydrogens is 535 g/mol. The maximum absolute atomic E-state index is 13.2. The van der Waals surface area contributed by atoms with Crippen molar-refractivity contribution < 1.29 is 27.4 Å². The number of nitrogens with one attached hydrogen (secondary N) is 2. The molecule has 0 radical (unpaired) electrons. The van der Waals surface area contributed by atoms with Gasteiger partial charge in [-0.05, 0) is 66.1 Å². The molecule has 214 valence electrons. The minimum absolute atomic E-state index is 0.0633. The summed E-state index contributed by atoms with van der Waals surface area (Å²) in [6.45, 7) is 6.89. The fourth-order valence-corrected chi connectivity index (χ4v) is 4.69.